The molecule has 0 radical (unpaired) electrons. The lowest BCUT2D eigenvalue weighted by Gasteiger charge is -2.39. The van der Waals surface area contributed by atoms with E-state index in [2.05, 4.69) is 27.7 Å². The number of unbranched alkanes of at least 4 members (excludes halogenated alkanes) is 7. The third-order valence-electron chi connectivity index (χ3n) is 5.48. The van der Waals surface area contributed by atoms with E-state index in [-0.39, 0.29) is 0 Å². The number of sulfonamides is 2. The van der Waals surface area contributed by atoms with E-state index in [0.717, 1.165) is 4.13 Å². The first-order chi connectivity index (χ1) is 15.9. The van der Waals surface area contributed by atoms with Crippen LogP contribution in [0.1, 0.15) is 98.3 Å². The average molecular weight is 565 g/mol. The first-order valence-corrected chi connectivity index (χ1v) is 15.0. The van der Waals surface area contributed by atoms with Crippen LogP contribution in [0.5, 0.6) is 0 Å². The molecule has 0 aromatic heterocycles. The predicted molar refractivity (Wildman–Crippen MR) is 127 cm³/mol. The van der Waals surface area contributed by atoms with E-state index in [0.29, 0.717) is 0 Å². The molecule has 0 heterocycles. The van der Waals surface area contributed by atoms with Gasteiger partial charge >= 0.3 is 11.0 Å². The summed E-state index contributed by atoms with van der Waals surface area (Å²) in [6.45, 7) is 15.1. The van der Waals surface area contributed by atoms with Crippen molar-refractivity contribution in [1.29, 1.82) is 0 Å². The van der Waals surface area contributed by atoms with Crippen LogP contribution in [0.25, 0.3) is 4.13 Å². The van der Waals surface area contributed by atoms with Gasteiger partial charge in [0.25, 0.3) is 0 Å². The molecule has 0 bridgehead atoms. The lowest BCUT2D eigenvalue weighted by atomic mass is 10.1. The summed E-state index contributed by atoms with van der Waals surface area (Å²) in [6, 6.07) is 0. The molecule has 214 valence electrons. The smallest absolute Gasteiger partial charge is 0.421 e. The molecule has 0 rings (SSSR count). The molecule has 0 aliphatic rings. The molecule has 0 aliphatic heterocycles. The fourth-order valence-corrected chi connectivity index (χ4v) is 5.13. The van der Waals surface area contributed by atoms with E-state index in [1.54, 1.807) is 0 Å². The van der Waals surface area contributed by atoms with Gasteiger partial charge in [0.05, 0.1) is 26.2 Å². The highest BCUT2D eigenvalue weighted by Gasteiger charge is 2.46. The summed E-state index contributed by atoms with van der Waals surface area (Å²) in [6.07, 6.45) is 15.5. The van der Waals surface area contributed by atoms with Crippen molar-refractivity contribution in [3.63, 3.8) is 0 Å². The summed E-state index contributed by atoms with van der Waals surface area (Å²) < 4.78 is 111. The van der Waals surface area contributed by atoms with Gasteiger partial charge in [-0.15, -0.1) is 0 Å². The molecule has 0 aliphatic carbocycles. The van der Waals surface area contributed by atoms with Crippen LogP contribution >= 0.6 is 0 Å². The van der Waals surface area contributed by atoms with Gasteiger partial charge in [-0.2, -0.15) is 26.3 Å². The number of rotatable bonds is 17. The first-order valence-electron chi connectivity index (χ1n) is 12.2. The Kier molecular flexibility index (Phi) is 17.8. The Morgan fingerprint density at radius 3 is 1.09 bits per heavy atom. The number of alkyl halides is 6. The first kappa shape index (κ1) is 36.6. The molecule has 0 atom stereocenters. The van der Waals surface area contributed by atoms with Gasteiger partial charge in [0.1, 0.15) is 0 Å². The monoisotopic (exact) mass is 564 g/mol. The zero-order valence-corrected chi connectivity index (χ0v) is 22.9. The van der Waals surface area contributed by atoms with Crippen molar-refractivity contribution in [2.24, 2.45) is 0 Å². The maximum Gasteiger partial charge on any atom is 0.480 e. The highest BCUT2D eigenvalue weighted by atomic mass is 32.3. The van der Waals surface area contributed by atoms with Crippen LogP contribution in [0.15, 0.2) is 0 Å². The molecular formula is C21H42F6N2O4S2. The molecule has 0 N–H and O–H groups in total. The summed E-state index contributed by atoms with van der Waals surface area (Å²) in [4.78, 5) is 0. The van der Waals surface area contributed by atoms with E-state index < -0.39 is 31.1 Å². The second-order valence-corrected chi connectivity index (χ2v) is 12.0. The molecular weight excluding hydrogens is 522 g/mol. The molecule has 0 spiro atoms. The fraction of sp³-hybridized carbons (Fsp3) is 1.00. The Hall–Kier alpha value is -0.600. The van der Waals surface area contributed by atoms with Crippen LogP contribution in [0, 0.1) is 0 Å². The molecule has 0 saturated carbocycles. The zero-order valence-electron chi connectivity index (χ0n) is 21.2. The van der Waals surface area contributed by atoms with Crippen LogP contribution < -0.4 is 0 Å². The van der Waals surface area contributed by atoms with Gasteiger partial charge in [-0.3, -0.25) is 0 Å². The van der Waals surface area contributed by atoms with Gasteiger partial charge in [-0.05, 0) is 32.1 Å². The Bertz CT molecular complexity index is 691. The minimum Gasteiger partial charge on any atom is -0.421 e. The molecule has 0 aromatic rings. The van der Waals surface area contributed by atoms with Crippen molar-refractivity contribution in [2.75, 3.05) is 26.2 Å². The Morgan fingerprint density at radius 1 is 0.514 bits per heavy atom. The van der Waals surface area contributed by atoms with Crippen molar-refractivity contribution in [2.45, 2.75) is 109 Å². The second-order valence-electron chi connectivity index (χ2n) is 8.63. The van der Waals surface area contributed by atoms with Crippen LogP contribution in [-0.4, -0.2) is 58.5 Å². The summed E-state index contributed by atoms with van der Waals surface area (Å²) in [7, 11) is -13.4. The van der Waals surface area contributed by atoms with Crippen LogP contribution in [0.3, 0.4) is 0 Å². The van der Waals surface area contributed by atoms with Crippen molar-refractivity contribution >= 4 is 20.0 Å². The Morgan fingerprint density at radius 2 is 0.800 bits per heavy atom. The van der Waals surface area contributed by atoms with E-state index in [9.17, 15) is 43.2 Å². The van der Waals surface area contributed by atoms with Gasteiger partial charge in [0.15, 0.2) is 20.0 Å². The number of hydrogen-bond acceptors (Lipinski definition) is 4. The maximum absolute atomic E-state index is 11.4. The standard InChI is InChI=1S/C19H42N.C2F6NO4S2/c1-5-9-13-14-15-19-20(16-10-6-2,17-11-7-3)18-12-8-4;3-1(4,5)14(10,11)9-15(12,13)2(6,7)8/h5-19H2,1-4H3;/q+1;-1. The molecule has 0 unspecified atom stereocenters. The molecule has 0 aromatic carbocycles. The second kappa shape index (κ2) is 17.0. The Balaban J connectivity index is 0. The number of hydrogen-bond donors (Lipinski definition) is 0. The van der Waals surface area contributed by atoms with Gasteiger partial charge in [0.2, 0.25) is 0 Å². The number of halogens is 6. The predicted octanol–water partition coefficient (Wildman–Crippen LogP) is 7.23. The molecule has 6 nitrogen and oxygen atoms in total. The lowest BCUT2D eigenvalue weighted by Crippen LogP contribution is -2.50. The van der Waals surface area contributed by atoms with Gasteiger partial charge in [-0.25, -0.2) is 16.8 Å². The summed E-state index contributed by atoms with van der Waals surface area (Å²) in [5, 5.41) is 0. The van der Waals surface area contributed by atoms with E-state index >= 15 is 0 Å². The third-order valence-corrected chi connectivity index (χ3v) is 8.22. The topological polar surface area (TPSA) is 82.4 Å². The molecule has 0 amide bonds. The highest BCUT2D eigenvalue weighted by molar-refractivity contribution is 8.13. The van der Waals surface area contributed by atoms with Gasteiger partial charge in [0, 0.05) is 0 Å². The zero-order chi connectivity index (χ0) is 27.8. The van der Waals surface area contributed by atoms with Crippen molar-refractivity contribution in [3.05, 3.63) is 4.13 Å². The molecule has 0 saturated heterocycles. The van der Waals surface area contributed by atoms with Crippen LogP contribution in [0.4, 0.5) is 26.3 Å². The van der Waals surface area contributed by atoms with Gasteiger partial charge < -0.3 is 8.61 Å². The number of quaternary nitrogens is 1. The third kappa shape index (κ3) is 15.3. The van der Waals surface area contributed by atoms with E-state index in [1.165, 1.54) is 101 Å². The van der Waals surface area contributed by atoms with E-state index in [1.807, 2.05) is 0 Å². The minimum absolute atomic E-state index is 0.778. The molecule has 0 fully saturated rings. The minimum atomic E-state index is -6.72. The summed E-state index contributed by atoms with van der Waals surface area (Å²) in [5.74, 6) is 0. The van der Waals surface area contributed by atoms with Crippen LogP contribution in [-0.2, 0) is 20.0 Å². The SMILES string of the molecule is CCCCCCC[N+](CCCC)(CCCC)CCCC.O=S(=O)([N-]S(=O)(=O)C(F)(F)F)C(F)(F)F. The van der Waals surface area contributed by atoms with Crippen molar-refractivity contribution in [1.82, 2.24) is 0 Å². The summed E-state index contributed by atoms with van der Waals surface area (Å²) in [5.41, 5.74) is -12.4. The van der Waals surface area contributed by atoms with Crippen molar-refractivity contribution < 1.29 is 47.7 Å². The fourth-order valence-electron chi connectivity index (χ4n) is 3.42. The van der Waals surface area contributed by atoms with E-state index in [4.69, 9.17) is 0 Å². The molecule has 14 heteroatoms. The normalized spacial score (nSPS) is 13.4. The molecule has 35 heavy (non-hydrogen) atoms. The quantitative estimate of drug-likeness (QED) is 0.106. The largest absolute Gasteiger partial charge is 0.480 e. The average Bonchev–Trinajstić information content (AvgIpc) is 2.72. The highest BCUT2D eigenvalue weighted by Crippen LogP contribution is 2.36. The lowest BCUT2D eigenvalue weighted by molar-refractivity contribution is -0.929. The summed E-state index contributed by atoms with van der Waals surface area (Å²) >= 11 is 0. The Labute approximate surface area is 207 Å². The van der Waals surface area contributed by atoms with Crippen molar-refractivity contribution in [3.8, 4) is 0 Å². The number of nitrogens with zero attached hydrogens (tertiary/aromatic N) is 2. The van der Waals surface area contributed by atoms with Gasteiger partial charge in [-0.1, -0.05) is 66.2 Å². The van der Waals surface area contributed by atoms with Crippen LogP contribution in [0.2, 0.25) is 0 Å². The maximum atomic E-state index is 11.4.